The lowest BCUT2D eigenvalue weighted by molar-refractivity contribution is -0.134. The van der Waals surface area contributed by atoms with Crippen LogP contribution in [0.2, 0.25) is 0 Å². The Labute approximate surface area is 312 Å². The van der Waals surface area contributed by atoms with Crippen molar-refractivity contribution >= 4 is 45.0 Å². The summed E-state index contributed by atoms with van der Waals surface area (Å²) >= 11 is 3.24. The number of carbonyl (C=O) groups excluding carboxylic acids is 3. The van der Waals surface area contributed by atoms with E-state index in [0.717, 1.165) is 86.2 Å². The standard InChI is InChI=1S/C39H47BrFN7O4/c1-24-20-29(8-9-30(24)31-10-11-32(49)43-36(31)50)47-16-12-39(13-17-47)14-18-48(19-15-39)37(51)26-6-4-25(5-7-26)27-21-28(23-45(2)22-27)42-34-33(40)38(52)46(3)44-35(34)41/h4-9,20,27-28,31,42H,10-19,21-23H2,1-3H3,(H,43,49,50)/t27-,28+,31?/m1/s1. The summed E-state index contributed by atoms with van der Waals surface area (Å²) < 4.78 is 15.8. The molecule has 11 nitrogen and oxygen atoms in total. The van der Waals surface area contributed by atoms with Crippen molar-refractivity contribution in [1.29, 1.82) is 0 Å². The van der Waals surface area contributed by atoms with Crippen molar-refractivity contribution < 1.29 is 18.8 Å². The highest BCUT2D eigenvalue weighted by Crippen LogP contribution is 2.43. The van der Waals surface area contributed by atoms with Gasteiger partial charge in [0, 0.05) is 70.0 Å². The summed E-state index contributed by atoms with van der Waals surface area (Å²) in [5.74, 6) is -1.14. The van der Waals surface area contributed by atoms with Crippen LogP contribution in [0.1, 0.15) is 83.8 Å². The van der Waals surface area contributed by atoms with Crippen LogP contribution in [0, 0.1) is 18.3 Å². The lowest BCUT2D eigenvalue weighted by Gasteiger charge is -2.47. The molecule has 4 saturated heterocycles. The molecule has 13 heteroatoms. The van der Waals surface area contributed by atoms with E-state index >= 15 is 0 Å². The first-order valence-electron chi connectivity index (χ1n) is 18.4. The number of carbonyl (C=O) groups is 3. The van der Waals surface area contributed by atoms with Gasteiger partial charge in [-0.2, -0.15) is 4.39 Å². The smallest absolute Gasteiger partial charge is 0.283 e. The lowest BCUT2D eigenvalue weighted by atomic mass is 9.71. The molecule has 4 fully saturated rings. The number of piperidine rings is 4. The highest BCUT2D eigenvalue weighted by molar-refractivity contribution is 9.10. The van der Waals surface area contributed by atoms with Gasteiger partial charge in [-0.05, 0) is 121 Å². The molecule has 0 aliphatic carbocycles. The molecular formula is C39H47BrFN7O4. The number of nitrogens with one attached hydrogen (secondary N) is 2. The zero-order chi connectivity index (χ0) is 36.7. The fourth-order valence-electron chi connectivity index (χ4n) is 8.80. The van der Waals surface area contributed by atoms with Crippen LogP contribution in [0.4, 0.5) is 15.8 Å². The van der Waals surface area contributed by atoms with Gasteiger partial charge in [0.1, 0.15) is 10.2 Å². The van der Waals surface area contributed by atoms with Gasteiger partial charge in [0.25, 0.3) is 17.4 Å². The summed E-state index contributed by atoms with van der Waals surface area (Å²) in [7, 11) is 3.45. The second kappa shape index (κ2) is 14.7. The summed E-state index contributed by atoms with van der Waals surface area (Å²) in [5.41, 5.74) is 5.01. The summed E-state index contributed by atoms with van der Waals surface area (Å²) in [6.07, 6.45) is 5.86. The number of likely N-dealkylation sites (tertiary alicyclic amines) is 2. The van der Waals surface area contributed by atoms with Crippen molar-refractivity contribution in [3.63, 3.8) is 0 Å². The maximum absolute atomic E-state index is 14.7. The number of benzene rings is 2. The van der Waals surface area contributed by atoms with Crippen LogP contribution in [0.25, 0.3) is 0 Å². The molecule has 1 spiro atoms. The number of nitrogens with zero attached hydrogens (tertiary/aromatic N) is 5. The van der Waals surface area contributed by atoms with Crippen LogP contribution in [-0.4, -0.2) is 89.7 Å². The quantitative estimate of drug-likeness (QED) is 0.339. The molecule has 3 atom stereocenters. The number of anilines is 2. The van der Waals surface area contributed by atoms with E-state index in [-0.39, 0.29) is 51.2 Å². The number of imide groups is 1. The predicted molar refractivity (Wildman–Crippen MR) is 201 cm³/mol. The first-order valence-corrected chi connectivity index (χ1v) is 19.1. The van der Waals surface area contributed by atoms with E-state index in [2.05, 4.69) is 66.6 Å². The van der Waals surface area contributed by atoms with Gasteiger partial charge in [-0.15, -0.1) is 5.10 Å². The molecule has 4 aliphatic rings. The molecular weight excluding hydrogens is 729 g/mol. The predicted octanol–water partition coefficient (Wildman–Crippen LogP) is 4.93. The Morgan fingerprint density at radius 1 is 0.981 bits per heavy atom. The average Bonchev–Trinajstić information content (AvgIpc) is 3.13. The Morgan fingerprint density at radius 3 is 2.35 bits per heavy atom. The molecule has 52 heavy (non-hydrogen) atoms. The first-order chi connectivity index (χ1) is 24.9. The van der Waals surface area contributed by atoms with Gasteiger partial charge in [0.05, 0.1) is 5.92 Å². The van der Waals surface area contributed by atoms with E-state index in [1.807, 2.05) is 36.2 Å². The van der Waals surface area contributed by atoms with Crippen LogP contribution in [-0.2, 0) is 16.6 Å². The Balaban J connectivity index is 0.916. The van der Waals surface area contributed by atoms with Crippen molar-refractivity contribution in [2.24, 2.45) is 12.5 Å². The van der Waals surface area contributed by atoms with Crippen LogP contribution in [0.15, 0.2) is 51.7 Å². The van der Waals surface area contributed by atoms with Gasteiger partial charge in [-0.3, -0.25) is 24.5 Å². The molecule has 3 amide bonds. The van der Waals surface area contributed by atoms with E-state index in [0.29, 0.717) is 24.9 Å². The molecule has 1 unspecified atom stereocenters. The van der Waals surface area contributed by atoms with Gasteiger partial charge in [-0.25, -0.2) is 4.68 Å². The number of aryl methyl sites for hydroxylation is 2. The van der Waals surface area contributed by atoms with E-state index in [9.17, 15) is 23.6 Å². The van der Waals surface area contributed by atoms with Crippen molar-refractivity contribution in [3.8, 4) is 0 Å². The van der Waals surface area contributed by atoms with Crippen LogP contribution in [0.3, 0.4) is 0 Å². The maximum atomic E-state index is 14.7. The summed E-state index contributed by atoms with van der Waals surface area (Å²) in [6.45, 7) is 7.02. The second-order valence-electron chi connectivity index (χ2n) is 15.3. The highest BCUT2D eigenvalue weighted by atomic mass is 79.9. The minimum Gasteiger partial charge on any atom is -0.376 e. The molecule has 0 bridgehead atoms. The Hall–Kier alpha value is -4.10. The lowest BCUT2D eigenvalue weighted by Crippen LogP contribution is -2.48. The van der Waals surface area contributed by atoms with Crippen molar-refractivity contribution in [2.45, 2.75) is 69.7 Å². The molecule has 1 aromatic heterocycles. The number of rotatable bonds is 6. The zero-order valence-corrected chi connectivity index (χ0v) is 31.7. The second-order valence-corrected chi connectivity index (χ2v) is 16.1. The van der Waals surface area contributed by atoms with Gasteiger partial charge in [-0.1, -0.05) is 18.2 Å². The molecule has 5 heterocycles. The molecule has 0 radical (unpaired) electrons. The Kier molecular flexibility index (Phi) is 10.3. The fraction of sp³-hybridized carbons (Fsp3) is 0.513. The third-order valence-electron chi connectivity index (χ3n) is 11.9. The van der Waals surface area contributed by atoms with Gasteiger partial charge in [0.15, 0.2) is 0 Å². The van der Waals surface area contributed by atoms with E-state index in [1.54, 1.807) is 0 Å². The topological polar surface area (TPSA) is 120 Å². The van der Waals surface area contributed by atoms with Crippen molar-refractivity contribution in [1.82, 2.24) is 24.9 Å². The first kappa shape index (κ1) is 36.3. The molecule has 4 aliphatic heterocycles. The largest absolute Gasteiger partial charge is 0.376 e. The molecule has 7 rings (SSSR count). The van der Waals surface area contributed by atoms with E-state index in [4.69, 9.17) is 0 Å². The van der Waals surface area contributed by atoms with Crippen molar-refractivity contribution in [2.75, 3.05) is 56.5 Å². The number of amides is 3. The van der Waals surface area contributed by atoms with Crippen molar-refractivity contribution in [3.05, 3.63) is 85.5 Å². The third-order valence-corrected chi connectivity index (χ3v) is 12.7. The number of hydrogen-bond donors (Lipinski definition) is 2. The van der Waals surface area contributed by atoms with E-state index in [1.165, 1.54) is 12.7 Å². The molecule has 2 N–H and O–H groups in total. The normalized spacial score (nSPS) is 23.8. The van der Waals surface area contributed by atoms with Crippen LogP contribution >= 0.6 is 15.9 Å². The molecule has 2 aromatic carbocycles. The summed E-state index contributed by atoms with van der Waals surface area (Å²) in [6, 6.07) is 14.2. The number of halogens is 2. The SMILES string of the molecule is Cc1cc(N2CCC3(CCN(C(=O)c4ccc([C@@H]5C[C@H](Nc6c(F)nn(C)c(=O)c6Br)CN(C)C5)cc4)CC3)CC2)ccc1C1CCC(=O)NC1=O. The fourth-order valence-corrected chi connectivity index (χ4v) is 9.34. The van der Waals surface area contributed by atoms with Gasteiger partial charge < -0.3 is 20.0 Å². The molecule has 276 valence electrons. The Bertz CT molecular complexity index is 1920. The number of likely N-dealkylation sites (N-methyl/N-ethyl adjacent to an activating group) is 1. The Morgan fingerprint density at radius 2 is 1.67 bits per heavy atom. The minimum atomic E-state index is -0.721. The molecule has 3 aromatic rings. The van der Waals surface area contributed by atoms with Gasteiger partial charge in [0.2, 0.25) is 11.8 Å². The minimum absolute atomic E-state index is 0.0733. The number of aromatic nitrogens is 2. The molecule has 0 saturated carbocycles. The summed E-state index contributed by atoms with van der Waals surface area (Å²) in [4.78, 5) is 56.6. The monoisotopic (exact) mass is 775 g/mol. The summed E-state index contributed by atoms with van der Waals surface area (Å²) in [5, 5.41) is 9.39. The zero-order valence-electron chi connectivity index (χ0n) is 30.1. The van der Waals surface area contributed by atoms with Crippen LogP contribution in [0.5, 0.6) is 0 Å². The van der Waals surface area contributed by atoms with E-state index < -0.39 is 11.5 Å². The van der Waals surface area contributed by atoms with Crippen LogP contribution < -0.4 is 21.1 Å². The van der Waals surface area contributed by atoms with Gasteiger partial charge >= 0.3 is 0 Å². The average molecular weight is 777 g/mol. The maximum Gasteiger partial charge on any atom is 0.283 e. The third kappa shape index (κ3) is 7.39. The highest BCUT2D eigenvalue weighted by Gasteiger charge is 2.39. The number of hydrogen-bond acceptors (Lipinski definition) is 8.